The van der Waals surface area contributed by atoms with E-state index < -0.39 is 0 Å². The molecule has 0 aliphatic rings. The van der Waals surface area contributed by atoms with E-state index in [1.807, 2.05) is 42.5 Å². The lowest BCUT2D eigenvalue weighted by Gasteiger charge is -2.08. The third-order valence-corrected chi connectivity index (χ3v) is 4.50. The summed E-state index contributed by atoms with van der Waals surface area (Å²) in [5, 5.41) is 6.94. The number of aromatic nitrogens is 2. The summed E-state index contributed by atoms with van der Waals surface area (Å²) < 4.78 is 16.1. The van der Waals surface area contributed by atoms with E-state index in [1.165, 1.54) is 0 Å². The fourth-order valence-corrected chi connectivity index (χ4v) is 3.01. The van der Waals surface area contributed by atoms with Crippen LogP contribution >= 0.6 is 0 Å². The van der Waals surface area contributed by atoms with Crippen molar-refractivity contribution in [2.75, 3.05) is 19.5 Å². The Morgan fingerprint density at radius 1 is 0.900 bits per heavy atom. The highest BCUT2D eigenvalue weighted by molar-refractivity contribution is 6.08. The van der Waals surface area contributed by atoms with Gasteiger partial charge in [0.2, 0.25) is 5.82 Å². The Bertz CT molecular complexity index is 1170. The molecule has 0 fully saturated rings. The molecule has 150 valence electrons. The maximum absolute atomic E-state index is 12.8. The highest BCUT2D eigenvalue weighted by Crippen LogP contribution is 2.32. The highest BCUT2D eigenvalue weighted by Gasteiger charge is 2.19. The van der Waals surface area contributed by atoms with Gasteiger partial charge in [0, 0.05) is 11.3 Å². The molecule has 0 aliphatic carbocycles. The van der Waals surface area contributed by atoms with Gasteiger partial charge in [0.25, 0.3) is 11.8 Å². The quantitative estimate of drug-likeness (QED) is 0.505. The summed E-state index contributed by atoms with van der Waals surface area (Å²) in [7, 11) is 3.13. The van der Waals surface area contributed by atoms with E-state index >= 15 is 0 Å². The zero-order chi connectivity index (χ0) is 20.9. The van der Waals surface area contributed by atoms with Crippen LogP contribution in [0.3, 0.4) is 0 Å². The van der Waals surface area contributed by atoms with Gasteiger partial charge in [-0.15, -0.1) is 0 Å². The molecule has 0 aliphatic heterocycles. The van der Waals surface area contributed by atoms with E-state index in [2.05, 4.69) is 15.5 Å². The molecule has 7 nitrogen and oxygen atoms in total. The maximum atomic E-state index is 12.8. The lowest BCUT2D eigenvalue weighted by molar-refractivity contribution is 0.102. The molecule has 0 saturated heterocycles. The van der Waals surface area contributed by atoms with Crippen molar-refractivity contribution in [1.29, 1.82) is 0 Å². The topological polar surface area (TPSA) is 86.5 Å². The molecule has 3 aromatic carbocycles. The van der Waals surface area contributed by atoms with Gasteiger partial charge in [0.1, 0.15) is 0 Å². The van der Waals surface area contributed by atoms with Crippen LogP contribution in [-0.4, -0.2) is 30.3 Å². The number of carbonyl (C=O) groups is 1. The average Bonchev–Trinajstić information content (AvgIpc) is 3.29. The van der Waals surface area contributed by atoms with Crippen molar-refractivity contribution >= 4 is 11.6 Å². The van der Waals surface area contributed by atoms with Crippen LogP contribution < -0.4 is 14.8 Å². The molecule has 4 rings (SSSR count). The number of hydrogen-bond acceptors (Lipinski definition) is 6. The Labute approximate surface area is 173 Å². The number of nitrogens with zero attached hydrogens (tertiary/aromatic N) is 2. The van der Waals surface area contributed by atoms with Crippen LogP contribution in [0.2, 0.25) is 0 Å². The summed E-state index contributed by atoms with van der Waals surface area (Å²) in [5.74, 6) is 1.53. The number of rotatable bonds is 6. The maximum Gasteiger partial charge on any atom is 0.259 e. The first-order valence-corrected chi connectivity index (χ1v) is 9.21. The van der Waals surface area contributed by atoms with Gasteiger partial charge in [-0.2, -0.15) is 4.98 Å². The Hall–Kier alpha value is -4.13. The van der Waals surface area contributed by atoms with Crippen molar-refractivity contribution in [3.8, 4) is 34.3 Å². The molecule has 1 aromatic heterocycles. The number of ether oxygens (including phenoxy) is 2. The molecule has 0 radical (unpaired) electrons. The van der Waals surface area contributed by atoms with Crippen LogP contribution in [0, 0.1) is 0 Å². The molecular formula is C23H19N3O4. The summed E-state index contributed by atoms with van der Waals surface area (Å²) >= 11 is 0. The van der Waals surface area contributed by atoms with Crippen LogP contribution in [0.25, 0.3) is 22.8 Å². The molecule has 0 atom stereocenters. The number of nitrogens with one attached hydrogen (secondary N) is 1. The van der Waals surface area contributed by atoms with Gasteiger partial charge in [-0.05, 0) is 42.5 Å². The normalized spacial score (nSPS) is 10.5. The fraction of sp³-hybridized carbons (Fsp3) is 0.0870. The molecule has 0 spiro atoms. The molecule has 0 bridgehead atoms. The van der Waals surface area contributed by atoms with Crippen LogP contribution in [0.1, 0.15) is 10.4 Å². The molecule has 7 heteroatoms. The van der Waals surface area contributed by atoms with Gasteiger partial charge in [-0.3, -0.25) is 4.79 Å². The second-order valence-electron chi connectivity index (χ2n) is 6.36. The van der Waals surface area contributed by atoms with Gasteiger partial charge in [-0.25, -0.2) is 0 Å². The summed E-state index contributed by atoms with van der Waals surface area (Å²) in [6.07, 6.45) is 0. The molecule has 0 unspecified atom stereocenters. The second kappa shape index (κ2) is 8.48. The molecule has 1 heterocycles. The van der Waals surface area contributed by atoms with E-state index in [9.17, 15) is 4.79 Å². The van der Waals surface area contributed by atoms with E-state index in [4.69, 9.17) is 14.0 Å². The number of anilines is 1. The fourth-order valence-electron chi connectivity index (χ4n) is 3.01. The van der Waals surface area contributed by atoms with Crippen molar-refractivity contribution in [3.05, 3.63) is 78.4 Å². The summed E-state index contributed by atoms with van der Waals surface area (Å²) in [6, 6.07) is 21.7. The van der Waals surface area contributed by atoms with E-state index in [1.54, 1.807) is 44.6 Å². The summed E-state index contributed by atoms with van der Waals surface area (Å²) in [4.78, 5) is 17.3. The summed E-state index contributed by atoms with van der Waals surface area (Å²) in [6.45, 7) is 0. The first kappa shape index (κ1) is 19.2. The summed E-state index contributed by atoms with van der Waals surface area (Å²) in [5.41, 5.74) is 2.39. The van der Waals surface area contributed by atoms with Crippen molar-refractivity contribution in [3.63, 3.8) is 0 Å². The molecule has 0 saturated carbocycles. The zero-order valence-corrected chi connectivity index (χ0v) is 16.5. The Morgan fingerprint density at radius 3 is 2.40 bits per heavy atom. The van der Waals surface area contributed by atoms with E-state index in [0.717, 1.165) is 0 Å². The lowest BCUT2D eigenvalue weighted by atomic mass is 10.1. The Kier molecular flexibility index (Phi) is 5.43. The van der Waals surface area contributed by atoms with Crippen LogP contribution in [-0.2, 0) is 0 Å². The van der Waals surface area contributed by atoms with Crippen molar-refractivity contribution < 1.29 is 18.8 Å². The number of benzene rings is 3. The zero-order valence-electron chi connectivity index (χ0n) is 16.5. The minimum atomic E-state index is -0.261. The molecule has 4 aromatic rings. The predicted octanol–water partition coefficient (Wildman–Crippen LogP) is 4.67. The van der Waals surface area contributed by atoms with Gasteiger partial charge >= 0.3 is 0 Å². The number of hydrogen-bond donors (Lipinski definition) is 1. The molecular weight excluding hydrogens is 382 g/mol. The predicted molar refractivity (Wildman–Crippen MR) is 113 cm³/mol. The van der Waals surface area contributed by atoms with Gasteiger partial charge in [0.05, 0.1) is 25.3 Å². The minimum absolute atomic E-state index is 0.249. The highest BCUT2D eigenvalue weighted by atomic mass is 16.5. The third-order valence-electron chi connectivity index (χ3n) is 4.50. The Balaban J connectivity index is 1.65. The molecule has 1 N–H and O–H groups in total. The van der Waals surface area contributed by atoms with Gasteiger partial charge in [0.15, 0.2) is 11.5 Å². The van der Waals surface area contributed by atoms with E-state index in [-0.39, 0.29) is 11.8 Å². The number of amides is 1. The smallest absolute Gasteiger partial charge is 0.259 e. The average molecular weight is 401 g/mol. The van der Waals surface area contributed by atoms with Crippen LogP contribution in [0.4, 0.5) is 5.69 Å². The first-order valence-electron chi connectivity index (χ1n) is 9.21. The van der Waals surface area contributed by atoms with E-state index in [0.29, 0.717) is 39.7 Å². The van der Waals surface area contributed by atoms with Gasteiger partial charge in [-0.1, -0.05) is 35.5 Å². The Morgan fingerprint density at radius 2 is 1.63 bits per heavy atom. The molecule has 30 heavy (non-hydrogen) atoms. The van der Waals surface area contributed by atoms with Crippen LogP contribution in [0.5, 0.6) is 11.5 Å². The molecule has 1 amide bonds. The standard InChI is InChI=1S/C23H19N3O4/c1-28-19-13-12-15(14-20(19)29-2)21-25-23(30-26-21)18-11-7-6-10-17(18)22(27)24-16-8-4-3-5-9-16/h3-14H,1-2H3,(H,24,27). The SMILES string of the molecule is COc1ccc(-c2noc(-c3ccccc3C(=O)Nc3ccccc3)n2)cc1OC. The largest absolute Gasteiger partial charge is 0.493 e. The second-order valence-corrected chi connectivity index (χ2v) is 6.36. The minimum Gasteiger partial charge on any atom is -0.493 e. The lowest BCUT2D eigenvalue weighted by Crippen LogP contribution is -2.13. The number of para-hydroxylation sites is 1. The van der Waals surface area contributed by atoms with Crippen molar-refractivity contribution in [2.24, 2.45) is 0 Å². The van der Waals surface area contributed by atoms with Crippen molar-refractivity contribution in [2.45, 2.75) is 0 Å². The first-order chi connectivity index (χ1) is 14.7. The van der Waals surface area contributed by atoms with Crippen LogP contribution in [0.15, 0.2) is 77.3 Å². The number of carbonyl (C=O) groups excluding carboxylic acids is 1. The monoisotopic (exact) mass is 401 g/mol. The number of methoxy groups -OCH3 is 2. The third kappa shape index (κ3) is 3.86. The van der Waals surface area contributed by atoms with Gasteiger partial charge < -0.3 is 19.3 Å². The van der Waals surface area contributed by atoms with Crippen molar-refractivity contribution in [1.82, 2.24) is 10.1 Å².